The predicted molar refractivity (Wildman–Crippen MR) is 89.0 cm³/mol. The molecule has 5 heteroatoms. The lowest BCUT2D eigenvalue weighted by molar-refractivity contribution is 0.0921. The van der Waals surface area contributed by atoms with Crippen LogP contribution in [0.5, 0.6) is 0 Å². The van der Waals surface area contributed by atoms with Gasteiger partial charge < -0.3 is 11.1 Å². The van der Waals surface area contributed by atoms with Gasteiger partial charge in [-0.2, -0.15) is 0 Å². The molecular formula is C16H22Cl2N2O. The van der Waals surface area contributed by atoms with Crippen molar-refractivity contribution in [3.63, 3.8) is 0 Å². The first-order valence-corrected chi connectivity index (χ1v) is 8.32. The van der Waals surface area contributed by atoms with Crippen molar-refractivity contribution in [3.8, 4) is 0 Å². The van der Waals surface area contributed by atoms with Gasteiger partial charge in [0.15, 0.2) is 0 Å². The van der Waals surface area contributed by atoms with E-state index in [-0.39, 0.29) is 11.9 Å². The number of amides is 1. The van der Waals surface area contributed by atoms with Gasteiger partial charge in [0.05, 0.1) is 15.7 Å². The number of benzene rings is 1. The topological polar surface area (TPSA) is 55.1 Å². The molecule has 0 atom stereocenters. The van der Waals surface area contributed by atoms with Crippen molar-refractivity contribution in [2.45, 2.75) is 51.5 Å². The Kier molecular flexibility index (Phi) is 5.77. The molecule has 0 bridgehead atoms. The van der Waals surface area contributed by atoms with E-state index in [0.717, 1.165) is 18.8 Å². The zero-order chi connectivity index (χ0) is 15.4. The highest BCUT2D eigenvalue weighted by atomic mass is 35.5. The minimum Gasteiger partial charge on any atom is -0.396 e. The molecule has 3 N–H and O–H groups in total. The summed E-state index contributed by atoms with van der Waals surface area (Å²) in [7, 11) is 0. The van der Waals surface area contributed by atoms with E-state index in [1.54, 1.807) is 12.1 Å². The van der Waals surface area contributed by atoms with Gasteiger partial charge in [0.1, 0.15) is 0 Å². The smallest absolute Gasteiger partial charge is 0.251 e. The highest BCUT2D eigenvalue weighted by Crippen LogP contribution is 2.30. The largest absolute Gasteiger partial charge is 0.396 e. The fraction of sp³-hybridized carbons (Fsp3) is 0.562. The lowest BCUT2D eigenvalue weighted by Crippen LogP contribution is -2.37. The van der Waals surface area contributed by atoms with Crippen molar-refractivity contribution < 1.29 is 4.79 Å². The van der Waals surface area contributed by atoms with Crippen molar-refractivity contribution in [1.29, 1.82) is 0 Å². The Balaban J connectivity index is 1.93. The SMILES string of the molecule is CCCC1CCC(NC(=O)c2cc(Cl)c(N)c(Cl)c2)CC1. The van der Waals surface area contributed by atoms with Crippen LogP contribution in [0.1, 0.15) is 55.8 Å². The summed E-state index contributed by atoms with van der Waals surface area (Å²) >= 11 is 11.9. The van der Waals surface area contributed by atoms with Gasteiger partial charge in [0, 0.05) is 11.6 Å². The average molecular weight is 329 g/mol. The Morgan fingerprint density at radius 2 is 1.81 bits per heavy atom. The summed E-state index contributed by atoms with van der Waals surface area (Å²) in [6, 6.07) is 3.39. The van der Waals surface area contributed by atoms with Gasteiger partial charge in [-0.3, -0.25) is 4.79 Å². The molecule has 3 nitrogen and oxygen atoms in total. The van der Waals surface area contributed by atoms with Crippen LogP contribution < -0.4 is 11.1 Å². The van der Waals surface area contributed by atoms with Crippen molar-refractivity contribution in [2.24, 2.45) is 5.92 Å². The molecule has 1 aliphatic carbocycles. The van der Waals surface area contributed by atoms with Crippen LogP contribution in [0.25, 0.3) is 0 Å². The van der Waals surface area contributed by atoms with Gasteiger partial charge >= 0.3 is 0 Å². The number of nitrogens with one attached hydrogen (secondary N) is 1. The molecule has 0 saturated heterocycles. The number of rotatable bonds is 4. The summed E-state index contributed by atoms with van der Waals surface area (Å²) in [6.07, 6.45) is 7.03. The Hall–Kier alpha value is -0.930. The number of halogens is 2. The molecule has 0 radical (unpaired) electrons. The van der Waals surface area contributed by atoms with Gasteiger partial charge in [-0.1, -0.05) is 43.0 Å². The van der Waals surface area contributed by atoms with E-state index < -0.39 is 0 Å². The first kappa shape index (κ1) is 16.4. The van der Waals surface area contributed by atoms with Crippen LogP contribution in [0.3, 0.4) is 0 Å². The van der Waals surface area contributed by atoms with Gasteiger partial charge in [-0.25, -0.2) is 0 Å². The summed E-state index contributed by atoms with van der Waals surface area (Å²) in [5.41, 5.74) is 6.47. The van der Waals surface area contributed by atoms with Crippen molar-refractivity contribution in [2.75, 3.05) is 5.73 Å². The number of carbonyl (C=O) groups excluding carboxylic acids is 1. The predicted octanol–water partition coefficient (Wildman–Crippen LogP) is 4.66. The molecule has 1 amide bonds. The van der Waals surface area contributed by atoms with E-state index in [1.807, 2.05) is 0 Å². The number of anilines is 1. The highest BCUT2D eigenvalue weighted by Gasteiger charge is 2.22. The summed E-state index contributed by atoms with van der Waals surface area (Å²) in [5.74, 6) is 0.696. The number of nitrogens with two attached hydrogens (primary N) is 1. The fourth-order valence-electron chi connectivity index (χ4n) is 2.99. The first-order valence-electron chi connectivity index (χ1n) is 7.56. The van der Waals surface area contributed by atoms with Crippen LogP contribution in [-0.4, -0.2) is 11.9 Å². The Labute approximate surface area is 136 Å². The van der Waals surface area contributed by atoms with E-state index in [9.17, 15) is 4.79 Å². The van der Waals surface area contributed by atoms with Crippen LogP contribution >= 0.6 is 23.2 Å². The monoisotopic (exact) mass is 328 g/mol. The number of hydrogen-bond donors (Lipinski definition) is 2. The number of hydrogen-bond acceptors (Lipinski definition) is 2. The lowest BCUT2D eigenvalue weighted by atomic mass is 9.83. The second-order valence-corrected chi connectivity index (χ2v) is 6.65. The Morgan fingerprint density at radius 3 is 2.33 bits per heavy atom. The normalized spacial score (nSPS) is 22.0. The third kappa shape index (κ3) is 4.27. The number of carbonyl (C=O) groups is 1. The highest BCUT2D eigenvalue weighted by molar-refractivity contribution is 6.39. The van der Waals surface area contributed by atoms with Crippen LogP contribution in [-0.2, 0) is 0 Å². The van der Waals surface area contributed by atoms with Gasteiger partial charge in [0.2, 0.25) is 0 Å². The molecule has 0 unspecified atom stereocenters. The van der Waals surface area contributed by atoms with Crippen molar-refractivity contribution >= 4 is 34.8 Å². The van der Waals surface area contributed by atoms with E-state index in [0.29, 0.717) is 21.3 Å². The van der Waals surface area contributed by atoms with Gasteiger partial charge in [-0.05, 0) is 43.7 Å². The maximum Gasteiger partial charge on any atom is 0.251 e. The fourth-order valence-corrected chi connectivity index (χ4v) is 3.47. The maximum atomic E-state index is 12.3. The van der Waals surface area contributed by atoms with Crippen molar-refractivity contribution in [1.82, 2.24) is 5.32 Å². The summed E-state index contributed by atoms with van der Waals surface area (Å²) in [5, 5.41) is 3.71. The van der Waals surface area contributed by atoms with E-state index >= 15 is 0 Å². The zero-order valence-electron chi connectivity index (χ0n) is 12.3. The average Bonchev–Trinajstić information content (AvgIpc) is 2.46. The molecule has 0 aliphatic heterocycles. The maximum absolute atomic E-state index is 12.3. The van der Waals surface area contributed by atoms with Crippen LogP contribution in [0.4, 0.5) is 5.69 Å². The molecule has 0 aromatic heterocycles. The Bertz CT molecular complexity index is 488. The second-order valence-electron chi connectivity index (χ2n) is 5.83. The minimum atomic E-state index is -0.127. The summed E-state index contributed by atoms with van der Waals surface area (Å²) < 4.78 is 0. The molecule has 1 aromatic rings. The standard InChI is InChI=1S/C16H22Cl2N2O/c1-2-3-10-4-6-12(7-5-10)20-16(21)11-8-13(17)15(19)14(18)9-11/h8-10,12H,2-7,19H2,1H3,(H,20,21). The van der Waals surface area contributed by atoms with Crippen molar-refractivity contribution in [3.05, 3.63) is 27.7 Å². The van der Waals surface area contributed by atoms with Crippen LogP contribution in [0, 0.1) is 5.92 Å². The van der Waals surface area contributed by atoms with Crippen LogP contribution in [0.2, 0.25) is 10.0 Å². The first-order chi connectivity index (χ1) is 10.0. The molecule has 1 aromatic carbocycles. The molecule has 2 rings (SSSR count). The van der Waals surface area contributed by atoms with E-state index in [4.69, 9.17) is 28.9 Å². The quantitative estimate of drug-likeness (QED) is 0.789. The minimum absolute atomic E-state index is 0.127. The Morgan fingerprint density at radius 1 is 1.24 bits per heavy atom. The molecule has 0 heterocycles. The molecule has 1 saturated carbocycles. The van der Waals surface area contributed by atoms with Crippen LogP contribution in [0.15, 0.2) is 12.1 Å². The van der Waals surface area contributed by atoms with Gasteiger partial charge in [0.25, 0.3) is 5.91 Å². The summed E-state index contributed by atoms with van der Waals surface area (Å²) in [4.78, 5) is 12.3. The third-order valence-corrected chi connectivity index (χ3v) is 4.85. The lowest BCUT2D eigenvalue weighted by Gasteiger charge is -2.29. The molecular weight excluding hydrogens is 307 g/mol. The molecule has 1 fully saturated rings. The number of nitrogen functional groups attached to an aromatic ring is 1. The summed E-state index contributed by atoms with van der Waals surface area (Å²) in [6.45, 7) is 2.22. The molecule has 0 spiro atoms. The molecule has 1 aliphatic rings. The third-order valence-electron chi connectivity index (χ3n) is 4.22. The van der Waals surface area contributed by atoms with E-state index in [2.05, 4.69) is 12.2 Å². The van der Waals surface area contributed by atoms with Gasteiger partial charge in [-0.15, -0.1) is 0 Å². The molecule has 21 heavy (non-hydrogen) atoms. The van der Waals surface area contributed by atoms with E-state index in [1.165, 1.54) is 25.7 Å². The zero-order valence-corrected chi connectivity index (χ0v) is 13.8. The second kappa shape index (κ2) is 7.37. The molecule has 116 valence electrons.